The molecule has 1 aromatic carbocycles. The van der Waals surface area contributed by atoms with E-state index in [0.29, 0.717) is 0 Å². The van der Waals surface area contributed by atoms with Crippen molar-refractivity contribution in [2.75, 3.05) is 7.05 Å². The van der Waals surface area contributed by atoms with Crippen LogP contribution >= 0.6 is 0 Å². The molecular formula is C15H15N5. The van der Waals surface area contributed by atoms with Gasteiger partial charge in [-0.05, 0) is 36.9 Å². The molecule has 0 amide bonds. The molecule has 0 aliphatic heterocycles. The van der Waals surface area contributed by atoms with Gasteiger partial charge in [0.05, 0.1) is 23.6 Å². The molecule has 3 aromatic rings. The van der Waals surface area contributed by atoms with E-state index in [1.54, 1.807) is 18.6 Å². The topological polar surface area (TPSA) is 55.6 Å². The molecule has 0 aliphatic carbocycles. The molecule has 5 heteroatoms. The van der Waals surface area contributed by atoms with Crippen LogP contribution in [0.25, 0.3) is 5.69 Å². The summed E-state index contributed by atoms with van der Waals surface area (Å²) in [4.78, 5) is 4.06. The van der Waals surface area contributed by atoms with Crippen LogP contribution in [0.2, 0.25) is 0 Å². The Hall–Kier alpha value is -2.53. The molecule has 20 heavy (non-hydrogen) atoms. The van der Waals surface area contributed by atoms with Gasteiger partial charge >= 0.3 is 0 Å². The highest BCUT2D eigenvalue weighted by Gasteiger charge is 2.18. The Bertz CT molecular complexity index is 663. The smallest absolute Gasteiger partial charge is 0.0860 e. The molecule has 1 atom stereocenters. The van der Waals surface area contributed by atoms with E-state index < -0.39 is 0 Å². The summed E-state index contributed by atoms with van der Waals surface area (Å²) >= 11 is 0. The minimum absolute atomic E-state index is 0.0215. The maximum atomic E-state index is 4.19. The number of hydrogen-bond donors (Lipinski definition) is 1. The predicted molar refractivity (Wildman–Crippen MR) is 76.5 cm³/mol. The van der Waals surface area contributed by atoms with Crippen LogP contribution in [-0.4, -0.2) is 27.0 Å². The minimum Gasteiger partial charge on any atom is -0.308 e. The van der Waals surface area contributed by atoms with Crippen LogP contribution in [0.4, 0.5) is 0 Å². The number of nitrogens with zero attached hydrogens (tertiary/aromatic N) is 4. The van der Waals surface area contributed by atoms with Gasteiger partial charge in [0, 0.05) is 12.4 Å². The standard InChI is InChI=1S/C15H15N5/c1-16-15(12-7-9-17-10-8-12)14-11-18-19-20(14)13-5-3-2-4-6-13/h2-11,15-16H,1H3. The van der Waals surface area contributed by atoms with Gasteiger partial charge in [0.25, 0.3) is 0 Å². The van der Waals surface area contributed by atoms with Gasteiger partial charge < -0.3 is 5.32 Å². The molecule has 100 valence electrons. The van der Waals surface area contributed by atoms with Crippen LogP contribution in [0, 0.1) is 0 Å². The average Bonchev–Trinajstić information content (AvgIpc) is 2.99. The van der Waals surface area contributed by atoms with Crippen LogP contribution in [-0.2, 0) is 0 Å². The van der Waals surface area contributed by atoms with Gasteiger partial charge in [-0.2, -0.15) is 0 Å². The highest BCUT2D eigenvalue weighted by atomic mass is 15.4. The van der Waals surface area contributed by atoms with E-state index in [2.05, 4.69) is 20.6 Å². The molecule has 0 fully saturated rings. The highest BCUT2D eigenvalue weighted by molar-refractivity contribution is 5.34. The third-order valence-electron chi connectivity index (χ3n) is 3.20. The van der Waals surface area contributed by atoms with Gasteiger partial charge in [0.15, 0.2) is 0 Å². The van der Waals surface area contributed by atoms with Gasteiger partial charge in [-0.3, -0.25) is 4.98 Å². The molecule has 1 unspecified atom stereocenters. The van der Waals surface area contributed by atoms with E-state index in [-0.39, 0.29) is 6.04 Å². The van der Waals surface area contributed by atoms with Crippen molar-refractivity contribution >= 4 is 0 Å². The molecule has 0 saturated heterocycles. The second-order valence-corrected chi connectivity index (χ2v) is 4.41. The molecular weight excluding hydrogens is 250 g/mol. The lowest BCUT2D eigenvalue weighted by Crippen LogP contribution is -2.21. The maximum Gasteiger partial charge on any atom is 0.0860 e. The first-order valence-corrected chi connectivity index (χ1v) is 6.43. The van der Waals surface area contributed by atoms with Gasteiger partial charge in [-0.1, -0.05) is 23.4 Å². The number of rotatable bonds is 4. The molecule has 0 spiro atoms. The lowest BCUT2D eigenvalue weighted by atomic mass is 10.1. The Kier molecular flexibility index (Phi) is 3.52. The fraction of sp³-hybridized carbons (Fsp3) is 0.133. The largest absolute Gasteiger partial charge is 0.308 e. The molecule has 0 saturated carbocycles. The monoisotopic (exact) mass is 265 g/mol. The van der Waals surface area contributed by atoms with Crippen molar-refractivity contribution in [1.29, 1.82) is 0 Å². The average molecular weight is 265 g/mol. The first-order chi connectivity index (χ1) is 9.90. The van der Waals surface area contributed by atoms with Crippen LogP contribution in [0.5, 0.6) is 0 Å². The Balaban J connectivity index is 2.04. The van der Waals surface area contributed by atoms with Crippen LogP contribution < -0.4 is 5.32 Å². The van der Waals surface area contributed by atoms with Crippen molar-refractivity contribution in [3.8, 4) is 5.69 Å². The third-order valence-corrected chi connectivity index (χ3v) is 3.20. The lowest BCUT2D eigenvalue weighted by Gasteiger charge is -2.17. The number of aromatic nitrogens is 4. The van der Waals surface area contributed by atoms with Crippen LogP contribution in [0.3, 0.4) is 0 Å². The summed E-state index contributed by atoms with van der Waals surface area (Å²) in [5.74, 6) is 0. The van der Waals surface area contributed by atoms with E-state index >= 15 is 0 Å². The van der Waals surface area contributed by atoms with E-state index in [4.69, 9.17) is 0 Å². The Labute approximate surface area is 117 Å². The van der Waals surface area contributed by atoms with Gasteiger partial charge in [-0.15, -0.1) is 5.10 Å². The number of para-hydroxylation sites is 1. The molecule has 0 radical (unpaired) electrons. The predicted octanol–water partition coefficient (Wildman–Crippen LogP) is 1.97. The number of benzene rings is 1. The lowest BCUT2D eigenvalue weighted by molar-refractivity contribution is 0.633. The summed E-state index contributed by atoms with van der Waals surface area (Å²) in [6.07, 6.45) is 5.36. The van der Waals surface area contributed by atoms with E-state index in [9.17, 15) is 0 Å². The van der Waals surface area contributed by atoms with Crippen molar-refractivity contribution in [3.63, 3.8) is 0 Å². The Morgan fingerprint density at radius 1 is 1.05 bits per heavy atom. The zero-order valence-corrected chi connectivity index (χ0v) is 11.1. The quantitative estimate of drug-likeness (QED) is 0.783. The van der Waals surface area contributed by atoms with Crippen LogP contribution in [0.1, 0.15) is 17.3 Å². The normalized spacial score (nSPS) is 12.2. The molecule has 0 bridgehead atoms. The van der Waals surface area contributed by atoms with Crippen molar-refractivity contribution in [2.24, 2.45) is 0 Å². The van der Waals surface area contributed by atoms with Gasteiger partial charge in [-0.25, -0.2) is 4.68 Å². The molecule has 3 rings (SSSR count). The van der Waals surface area contributed by atoms with Crippen LogP contribution in [0.15, 0.2) is 61.1 Å². The summed E-state index contributed by atoms with van der Waals surface area (Å²) in [5.41, 5.74) is 3.11. The molecule has 2 aromatic heterocycles. The minimum atomic E-state index is 0.0215. The summed E-state index contributed by atoms with van der Waals surface area (Å²) in [6.45, 7) is 0. The highest BCUT2D eigenvalue weighted by Crippen LogP contribution is 2.22. The summed E-state index contributed by atoms with van der Waals surface area (Å²) < 4.78 is 1.85. The maximum absolute atomic E-state index is 4.19. The van der Waals surface area contributed by atoms with Crippen molar-refractivity contribution in [2.45, 2.75) is 6.04 Å². The van der Waals surface area contributed by atoms with E-state index in [1.807, 2.05) is 54.2 Å². The molecule has 1 N–H and O–H groups in total. The van der Waals surface area contributed by atoms with E-state index in [0.717, 1.165) is 16.9 Å². The first-order valence-electron chi connectivity index (χ1n) is 6.43. The molecule has 5 nitrogen and oxygen atoms in total. The Morgan fingerprint density at radius 3 is 2.50 bits per heavy atom. The fourth-order valence-electron chi connectivity index (χ4n) is 2.25. The van der Waals surface area contributed by atoms with E-state index in [1.165, 1.54) is 0 Å². The van der Waals surface area contributed by atoms with Gasteiger partial charge in [0.1, 0.15) is 0 Å². The first kappa shape index (κ1) is 12.5. The summed E-state index contributed by atoms with van der Waals surface area (Å²) in [5, 5.41) is 11.5. The number of pyridine rings is 1. The zero-order valence-electron chi connectivity index (χ0n) is 11.1. The van der Waals surface area contributed by atoms with Crippen molar-refractivity contribution in [3.05, 3.63) is 72.3 Å². The Morgan fingerprint density at radius 2 is 1.80 bits per heavy atom. The third kappa shape index (κ3) is 2.31. The number of nitrogens with one attached hydrogen (secondary N) is 1. The van der Waals surface area contributed by atoms with Crippen molar-refractivity contribution < 1.29 is 0 Å². The summed E-state index contributed by atoms with van der Waals surface area (Å²) in [7, 11) is 1.92. The zero-order chi connectivity index (χ0) is 13.8. The SMILES string of the molecule is CNC(c1ccncc1)c1cnnn1-c1ccccc1. The van der Waals surface area contributed by atoms with Crippen molar-refractivity contribution in [1.82, 2.24) is 25.3 Å². The summed E-state index contributed by atoms with van der Waals surface area (Å²) in [6, 6.07) is 14.0. The second kappa shape index (κ2) is 5.63. The molecule has 0 aliphatic rings. The number of hydrogen-bond acceptors (Lipinski definition) is 4. The fourth-order valence-corrected chi connectivity index (χ4v) is 2.25. The molecule has 2 heterocycles. The van der Waals surface area contributed by atoms with Gasteiger partial charge in [0.2, 0.25) is 0 Å². The second-order valence-electron chi connectivity index (χ2n) is 4.41.